The standard InChI is InChI=1S/C22H25N3O5S/c1-15-9-11-24(12-10-15)31(28,29)16-7-8-20(30-2)17(13-16)22(27)25-14-21(26)23-18-5-3-4-6-19(18)25/h3-8,13,15H,9-12,14H2,1-2H3,(H,23,26). The van der Waals surface area contributed by atoms with Crippen molar-refractivity contribution in [2.75, 3.05) is 37.0 Å². The normalized spacial score (nSPS) is 17.7. The Balaban J connectivity index is 1.72. The lowest BCUT2D eigenvalue weighted by Gasteiger charge is -2.30. The van der Waals surface area contributed by atoms with Crippen LogP contribution in [0.5, 0.6) is 5.75 Å². The highest BCUT2D eigenvalue weighted by Gasteiger charge is 2.32. The predicted octanol–water partition coefficient (Wildman–Crippen LogP) is 2.71. The predicted molar refractivity (Wildman–Crippen MR) is 117 cm³/mol. The van der Waals surface area contributed by atoms with Crippen LogP contribution in [0.2, 0.25) is 0 Å². The molecule has 2 amide bonds. The smallest absolute Gasteiger partial charge is 0.262 e. The lowest BCUT2D eigenvalue weighted by Crippen LogP contribution is -2.42. The quantitative estimate of drug-likeness (QED) is 0.784. The molecule has 0 aliphatic carbocycles. The van der Waals surface area contributed by atoms with Gasteiger partial charge in [0, 0.05) is 13.1 Å². The number of sulfonamides is 1. The zero-order valence-corrected chi connectivity index (χ0v) is 18.3. The Bertz CT molecular complexity index is 1120. The summed E-state index contributed by atoms with van der Waals surface area (Å²) in [6.07, 6.45) is 1.61. The van der Waals surface area contributed by atoms with Gasteiger partial charge in [-0.1, -0.05) is 19.1 Å². The van der Waals surface area contributed by atoms with Crippen molar-refractivity contribution in [3.63, 3.8) is 0 Å². The number of rotatable bonds is 4. The molecule has 2 heterocycles. The first-order chi connectivity index (χ1) is 14.8. The van der Waals surface area contributed by atoms with E-state index in [0.29, 0.717) is 30.4 Å². The van der Waals surface area contributed by atoms with Crippen molar-refractivity contribution in [1.82, 2.24) is 4.31 Å². The van der Waals surface area contributed by atoms with Crippen LogP contribution in [0.25, 0.3) is 0 Å². The minimum atomic E-state index is -3.74. The third kappa shape index (κ3) is 4.03. The Morgan fingerprint density at radius 2 is 1.84 bits per heavy atom. The van der Waals surface area contributed by atoms with Gasteiger partial charge in [-0.2, -0.15) is 4.31 Å². The summed E-state index contributed by atoms with van der Waals surface area (Å²) in [4.78, 5) is 27.0. The highest BCUT2D eigenvalue weighted by atomic mass is 32.2. The number of piperidine rings is 1. The first-order valence-corrected chi connectivity index (χ1v) is 11.6. The number of para-hydroxylation sites is 2. The van der Waals surface area contributed by atoms with Crippen molar-refractivity contribution >= 4 is 33.2 Å². The fourth-order valence-electron chi connectivity index (χ4n) is 3.95. The van der Waals surface area contributed by atoms with Crippen molar-refractivity contribution < 1.29 is 22.7 Å². The minimum absolute atomic E-state index is 0.0425. The Hall–Kier alpha value is -2.91. The van der Waals surface area contributed by atoms with Crippen LogP contribution in [0.15, 0.2) is 47.4 Å². The van der Waals surface area contributed by atoms with Crippen molar-refractivity contribution in [3.05, 3.63) is 48.0 Å². The molecule has 0 bridgehead atoms. The summed E-state index contributed by atoms with van der Waals surface area (Å²) in [6, 6.07) is 11.3. The number of carbonyl (C=O) groups is 2. The van der Waals surface area contributed by atoms with Gasteiger partial charge in [0.05, 0.1) is 28.9 Å². The van der Waals surface area contributed by atoms with E-state index >= 15 is 0 Å². The summed E-state index contributed by atoms with van der Waals surface area (Å²) in [5.74, 6) is -0.0786. The molecule has 8 nitrogen and oxygen atoms in total. The molecule has 1 fully saturated rings. The van der Waals surface area contributed by atoms with Crippen LogP contribution in [0, 0.1) is 5.92 Å². The van der Waals surface area contributed by atoms with Crippen molar-refractivity contribution in [3.8, 4) is 5.75 Å². The van der Waals surface area contributed by atoms with E-state index < -0.39 is 15.9 Å². The zero-order valence-electron chi connectivity index (χ0n) is 17.5. The number of methoxy groups -OCH3 is 1. The third-order valence-electron chi connectivity index (χ3n) is 5.80. The van der Waals surface area contributed by atoms with Crippen LogP contribution in [-0.2, 0) is 14.8 Å². The maximum absolute atomic E-state index is 13.4. The number of ether oxygens (including phenoxy) is 1. The van der Waals surface area contributed by atoms with E-state index in [4.69, 9.17) is 4.74 Å². The number of fused-ring (bicyclic) bond motifs is 1. The van der Waals surface area contributed by atoms with E-state index in [1.165, 1.54) is 34.5 Å². The Morgan fingerprint density at radius 1 is 1.13 bits per heavy atom. The van der Waals surface area contributed by atoms with Crippen molar-refractivity contribution in [2.24, 2.45) is 5.92 Å². The Labute approximate surface area is 181 Å². The first-order valence-electron chi connectivity index (χ1n) is 10.2. The van der Waals surface area contributed by atoms with Gasteiger partial charge in [0.15, 0.2) is 0 Å². The molecule has 2 aromatic carbocycles. The fourth-order valence-corrected chi connectivity index (χ4v) is 5.45. The van der Waals surface area contributed by atoms with E-state index in [0.717, 1.165) is 12.8 Å². The summed E-state index contributed by atoms with van der Waals surface area (Å²) in [6.45, 7) is 2.86. The monoisotopic (exact) mass is 443 g/mol. The molecular formula is C22H25N3O5S. The molecule has 0 saturated carbocycles. The van der Waals surface area contributed by atoms with Gasteiger partial charge in [-0.15, -0.1) is 0 Å². The van der Waals surface area contributed by atoms with E-state index in [2.05, 4.69) is 12.2 Å². The van der Waals surface area contributed by atoms with E-state index in [1.807, 2.05) is 0 Å². The molecular weight excluding hydrogens is 418 g/mol. The number of hydrogen-bond acceptors (Lipinski definition) is 5. The maximum atomic E-state index is 13.4. The van der Waals surface area contributed by atoms with E-state index in [1.54, 1.807) is 24.3 Å². The van der Waals surface area contributed by atoms with Crippen LogP contribution in [0.3, 0.4) is 0 Å². The number of carbonyl (C=O) groups excluding carboxylic acids is 2. The summed E-state index contributed by atoms with van der Waals surface area (Å²) >= 11 is 0. The minimum Gasteiger partial charge on any atom is -0.496 e. The Kier molecular flexibility index (Phi) is 5.72. The van der Waals surface area contributed by atoms with Gasteiger partial charge in [0.2, 0.25) is 15.9 Å². The zero-order chi connectivity index (χ0) is 22.2. The van der Waals surface area contributed by atoms with Gasteiger partial charge >= 0.3 is 0 Å². The average Bonchev–Trinajstić information content (AvgIpc) is 2.77. The molecule has 4 rings (SSSR count). The molecule has 0 unspecified atom stereocenters. The van der Waals surface area contributed by atoms with Gasteiger partial charge in [0.25, 0.3) is 5.91 Å². The van der Waals surface area contributed by atoms with Crippen LogP contribution >= 0.6 is 0 Å². The maximum Gasteiger partial charge on any atom is 0.262 e. The molecule has 1 N–H and O–H groups in total. The first kappa shape index (κ1) is 21.3. The number of nitrogens with one attached hydrogen (secondary N) is 1. The van der Waals surface area contributed by atoms with Crippen molar-refractivity contribution in [1.29, 1.82) is 0 Å². The Morgan fingerprint density at radius 3 is 2.55 bits per heavy atom. The number of amides is 2. The number of benzene rings is 2. The second-order valence-electron chi connectivity index (χ2n) is 7.91. The number of nitrogens with zero attached hydrogens (tertiary/aromatic N) is 2. The lowest BCUT2D eigenvalue weighted by molar-refractivity contribution is -0.115. The highest BCUT2D eigenvalue weighted by molar-refractivity contribution is 7.89. The summed E-state index contributed by atoms with van der Waals surface area (Å²) in [7, 11) is -2.32. The summed E-state index contributed by atoms with van der Waals surface area (Å²) in [5, 5.41) is 2.74. The van der Waals surface area contributed by atoms with E-state index in [9.17, 15) is 18.0 Å². The highest BCUT2D eigenvalue weighted by Crippen LogP contribution is 2.33. The van der Waals surface area contributed by atoms with Crippen molar-refractivity contribution in [2.45, 2.75) is 24.7 Å². The van der Waals surface area contributed by atoms with Crippen LogP contribution in [-0.4, -0.2) is 51.3 Å². The third-order valence-corrected chi connectivity index (χ3v) is 7.69. The fraction of sp³-hybridized carbons (Fsp3) is 0.364. The van der Waals surface area contributed by atoms with Gasteiger partial charge < -0.3 is 10.1 Å². The molecule has 2 aromatic rings. The number of anilines is 2. The second kappa shape index (κ2) is 8.32. The SMILES string of the molecule is COc1ccc(S(=O)(=O)N2CCC(C)CC2)cc1C(=O)N1CC(=O)Nc2ccccc21. The van der Waals surface area contributed by atoms with Gasteiger partial charge in [-0.05, 0) is 49.1 Å². The number of hydrogen-bond donors (Lipinski definition) is 1. The molecule has 2 aliphatic heterocycles. The lowest BCUT2D eigenvalue weighted by atomic mass is 10.0. The van der Waals surface area contributed by atoms with Gasteiger partial charge in [-0.3, -0.25) is 14.5 Å². The molecule has 0 spiro atoms. The molecule has 0 aromatic heterocycles. The molecule has 2 aliphatic rings. The summed E-state index contributed by atoms with van der Waals surface area (Å²) in [5.41, 5.74) is 1.17. The molecule has 164 valence electrons. The van der Waals surface area contributed by atoms with Gasteiger partial charge in [-0.25, -0.2) is 8.42 Å². The second-order valence-corrected chi connectivity index (χ2v) is 9.84. The molecule has 31 heavy (non-hydrogen) atoms. The molecule has 0 radical (unpaired) electrons. The molecule has 1 saturated heterocycles. The molecule has 0 atom stereocenters. The average molecular weight is 444 g/mol. The largest absolute Gasteiger partial charge is 0.496 e. The van der Waals surface area contributed by atoms with Crippen LogP contribution in [0.1, 0.15) is 30.1 Å². The van der Waals surface area contributed by atoms with Crippen LogP contribution < -0.4 is 15.0 Å². The van der Waals surface area contributed by atoms with Gasteiger partial charge in [0.1, 0.15) is 12.3 Å². The van der Waals surface area contributed by atoms with E-state index in [-0.39, 0.29) is 28.7 Å². The molecule has 9 heteroatoms. The topological polar surface area (TPSA) is 96.0 Å². The van der Waals surface area contributed by atoms with Crippen LogP contribution in [0.4, 0.5) is 11.4 Å². The summed E-state index contributed by atoms with van der Waals surface area (Å²) < 4.78 is 33.2.